The Morgan fingerprint density at radius 1 is 1.06 bits per heavy atom. The molecule has 0 heterocycles. The summed E-state index contributed by atoms with van der Waals surface area (Å²) < 4.78 is 11.9. The van der Waals surface area contributed by atoms with Crippen LogP contribution in [0.2, 0.25) is 16.6 Å². The van der Waals surface area contributed by atoms with Crippen LogP contribution in [0.15, 0.2) is 12.1 Å². The standard InChI is InChI=1S/C27H43NO6Si/c1-16(2)35(17(3)4,18(5)6)34-26-15-25(28(31)32)21(12-22(26)10-19-8-9-19)11-20-13-23(29)14-24(20)27(30)33-7/h12,15-20,23-24,29H,8-11,13-14H2,1-7H3/t20?,23-,24+/m0/s1. The maximum Gasteiger partial charge on any atom is 0.309 e. The minimum atomic E-state index is -2.30. The van der Waals surface area contributed by atoms with Gasteiger partial charge in [-0.1, -0.05) is 41.5 Å². The molecule has 0 aliphatic heterocycles. The Hall–Kier alpha value is -1.93. The Labute approximate surface area is 210 Å². The van der Waals surface area contributed by atoms with Gasteiger partial charge in [0.2, 0.25) is 0 Å². The molecule has 3 rings (SSSR count). The van der Waals surface area contributed by atoms with Crippen molar-refractivity contribution >= 4 is 20.0 Å². The molecule has 0 saturated heterocycles. The monoisotopic (exact) mass is 505 g/mol. The fourth-order valence-electron chi connectivity index (χ4n) is 6.47. The van der Waals surface area contributed by atoms with Gasteiger partial charge in [0.1, 0.15) is 5.75 Å². The van der Waals surface area contributed by atoms with Gasteiger partial charge in [-0.25, -0.2) is 0 Å². The molecule has 2 fully saturated rings. The number of aliphatic hydroxyl groups is 1. The predicted molar refractivity (Wildman–Crippen MR) is 139 cm³/mol. The van der Waals surface area contributed by atoms with Gasteiger partial charge < -0.3 is 14.3 Å². The van der Waals surface area contributed by atoms with Crippen molar-refractivity contribution in [3.8, 4) is 5.75 Å². The SMILES string of the molecule is COC(=O)[C@@H]1C[C@@H](O)CC1Cc1cc(CC2CC2)c(O[Si](C(C)C)(C(C)C)C(C)C)cc1[N+](=O)[O-]. The lowest BCUT2D eigenvalue weighted by Crippen LogP contribution is -2.50. The summed E-state index contributed by atoms with van der Waals surface area (Å²) in [4.78, 5) is 24.2. The number of aliphatic hydroxyl groups excluding tert-OH is 1. The van der Waals surface area contributed by atoms with E-state index in [2.05, 4.69) is 41.5 Å². The molecule has 1 unspecified atom stereocenters. The second-order valence-electron chi connectivity index (χ2n) is 11.6. The van der Waals surface area contributed by atoms with Crippen LogP contribution >= 0.6 is 0 Å². The van der Waals surface area contributed by atoms with Gasteiger partial charge in [0.05, 0.1) is 30.1 Å². The number of nitro groups is 1. The molecule has 2 saturated carbocycles. The maximum atomic E-state index is 12.3. The third-order valence-corrected chi connectivity index (χ3v) is 14.3. The Balaban J connectivity index is 2.06. The van der Waals surface area contributed by atoms with Crippen molar-refractivity contribution in [3.63, 3.8) is 0 Å². The zero-order chi connectivity index (χ0) is 26.1. The number of nitrogens with zero attached hydrogens (tertiary/aromatic N) is 1. The van der Waals surface area contributed by atoms with Crippen molar-refractivity contribution in [2.75, 3.05) is 7.11 Å². The summed E-state index contributed by atoms with van der Waals surface area (Å²) in [6.45, 7) is 13.3. The first-order valence-corrected chi connectivity index (χ1v) is 15.3. The molecule has 0 bridgehead atoms. The zero-order valence-corrected chi connectivity index (χ0v) is 23.4. The van der Waals surface area contributed by atoms with Crippen LogP contribution in [0.25, 0.3) is 0 Å². The lowest BCUT2D eigenvalue weighted by molar-refractivity contribution is -0.385. The third-order valence-electron chi connectivity index (χ3n) is 8.31. The van der Waals surface area contributed by atoms with Crippen LogP contribution in [0.1, 0.15) is 78.4 Å². The smallest absolute Gasteiger partial charge is 0.309 e. The highest BCUT2D eigenvalue weighted by molar-refractivity contribution is 6.78. The molecule has 3 atom stereocenters. The molecular weight excluding hydrogens is 462 g/mol. The van der Waals surface area contributed by atoms with Gasteiger partial charge in [0.25, 0.3) is 14.0 Å². The summed E-state index contributed by atoms with van der Waals surface area (Å²) in [5.74, 6) is 0.281. The normalized spacial score (nSPS) is 22.8. The molecule has 2 aliphatic rings. The molecule has 2 aliphatic carbocycles. The van der Waals surface area contributed by atoms with Crippen LogP contribution in [0, 0.1) is 27.9 Å². The average Bonchev–Trinajstić information content (AvgIpc) is 3.51. The molecular formula is C27H43NO6Si. The van der Waals surface area contributed by atoms with Gasteiger partial charge >= 0.3 is 5.97 Å². The number of hydrogen-bond acceptors (Lipinski definition) is 6. The van der Waals surface area contributed by atoms with Crippen LogP contribution in [0.4, 0.5) is 5.69 Å². The molecule has 1 aromatic carbocycles. The first-order valence-electron chi connectivity index (χ1n) is 13.2. The fourth-order valence-corrected chi connectivity index (χ4v) is 11.8. The molecule has 0 aromatic heterocycles. The van der Waals surface area contributed by atoms with Crippen molar-refractivity contribution in [1.29, 1.82) is 0 Å². The molecule has 0 radical (unpaired) electrons. The highest BCUT2D eigenvalue weighted by Crippen LogP contribution is 2.46. The minimum absolute atomic E-state index is 0.0451. The van der Waals surface area contributed by atoms with E-state index in [0.717, 1.165) is 12.0 Å². The summed E-state index contributed by atoms with van der Waals surface area (Å²) in [5.41, 5.74) is 2.78. The molecule has 8 heteroatoms. The first kappa shape index (κ1) is 27.7. The molecule has 0 spiro atoms. The van der Waals surface area contributed by atoms with Crippen LogP contribution < -0.4 is 4.43 Å². The Bertz CT molecular complexity index is 905. The predicted octanol–water partition coefficient (Wildman–Crippen LogP) is 6.20. The molecule has 35 heavy (non-hydrogen) atoms. The number of nitro benzene ring substituents is 1. The van der Waals surface area contributed by atoms with E-state index >= 15 is 0 Å². The van der Waals surface area contributed by atoms with Crippen molar-refractivity contribution in [2.45, 2.75) is 103 Å². The second kappa shape index (κ2) is 11.0. The lowest BCUT2D eigenvalue weighted by Gasteiger charge is -2.42. The Morgan fingerprint density at radius 2 is 1.66 bits per heavy atom. The van der Waals surface area contributed by atoms with E-state index in [1.807, 2.05) is 6.07 Å². The van der Waals surface area contributed by atoms with E-state index in [-0.39, 0.29) is 22.5 Å². The zero-order valence-electron chi connectivity index (χ0n) is 22.4. The van der Waals surface area contributed by atoms with Crippen LogP contribution in [0.3, 0.4) is 0 Å². The van der Waals surface area contributed by atoms with Crippen molar-refractivity contribution in [2.24, 2.45) is 17.8 Å². The van der Waals surface area contributed by atoms with Gasteiger partial charge in [-0.2, -0.15) is 0 Å². The lowest BCUT2D eigenvalue weighted by atomic mass is 9.88. The molecule has 0 amide bonds. The van der Waals surface area contributed by atoms with E-state index in [1.165, 1.54) is 20.0 Å². The topological polar surface area (TPSA) is 98.9 Å². The van der Waals surface area contributed by atoms with Crippen molar-refractivity contribution in [3.05, 3.63) is 33.4 Å². The van der Waals surface area contributed by atoms with Gasteiger partial charge in [0.15, 0.2) is 0 Å². The van der Waals surface area contributed by atoms with E-state index in [9.17, 15) is 20.0 Å². The quantitative estimate of drug-likeness (QED) is 0.166. The number of ether oxygens (including phenoxy) is 1. The van der Waals surface area contributed by atoms with Crippen LogP contribution in [-0.4, -0.2) is 37.5 Å². The van der Waals surface area contributed by atoms with Crippen molar-refractivity contribution in [1.82, 2.24) is 0 Å². The Morgan fingerprint density at radius 3 is 2.14 bits per heavy atom. The summed E-state index contributed by atoms with van der Waals surface area (Å²) in [6, 6.07) is 3.62. The number of rotatable bonds is 11. The third kappa shape index (κ3) is 5.90. The first-order chi connectivity index (χ1) is 16.4. The van der Waals surface area contributed by atoms with E-state index in [0.29, 0.717) is 53.1 Å². The average molecular weight is 506 g/mol. The number of methoxy groups -OCH3 is 1. The number of esters is 1. The maximum absolute atomic E-state index is 12.3. The fraction of sp³-hybridized carbons (Fsp3) is 0.741. The summed E-state index contributed by atoms with van der Waals surface area (Å²) >= 11 is 0. The summed E-state index contributed by atoms with van der Waals surface area (Å²) in [7, 11) is -0.950. The van der Waals surface area contributed by atoms with Gasteiger partial charge in [-0.3, -0.25) is 14.9 Å². The summed E-state index contributed by atoms with van der Waals surface area (Å²) in [5, 5.41) is 22.4. The molecule has 7 nitrogen and oxygen atoms in total. The van der Waals surface area contributed by atoms with Crippen molar-refractivity contribution < 1.29 is 24.0 Å². The highest BCUT2D eigenvalue weighted by atomic mass is 28.4. The van der Waals surface area contributed by atoms with E-state index in [1.54, 1.807) is 6.07 Å². The van der Waals surface area contributed by atoms with E-state index in [4.69, 9.17) is 9.16 Å². The van der Waals surface area contributed by atoms with Crippen LogP contribution in [0.5, 0.6) is 5.75 Å². The molecule has 1 aromatic rings. The van der Waals surface area contributed by atoms with Gasteiger partial charge in [0, 0.05) is 5.56 Å². The number of carbonyl (C=O) groups is 1. The number of hydrogen-bond donors (Lipinski definition) is 1. The van der Waals surface area contributed by atoms with Crippen LogP contribution in [-0.2, 0) is 22.4 Å². The largest absolute Gasteiger partial charge is 0.542 e. The molecule has 1 N–H and O–H groups in total. The van der Waals surface area contributed by atoms with E-state index < -0.39 is 20.3 Å². The van der Waals surface area contributed by atoms with Gasteiger partial charge in [-0.05, 0) is 78.6 Å². The highest BCUT2D eigenvalue weighted by Gasteiger charge is 2.48. The Kier molecular flexibility index (Phi) is 8.68. The minimum Gasteiger partial charge on any atom is -0.542 e. The summed E-state index contributed by atoms with van der Waals surface area (Å²) in [6.07, 6.45) is 3.76. The van der Waals surface area contributed by atoms with Gasteiger partial charge in [-0.15, -0.1) is 0 Å². The number of benzene rings is 1. The second-order valence-corrected chi connectivity index (χ2v) is 17.0. The number of carbonyl (C=O) groups excluding carboxylic acids is 1. The molecule has 196 valence electrons.